The van der Waals surface area contributed by atoms with Crippen molar-refractivity contribution < 1.29 is 13.6 Å². The molecule has 2 unspecified atom stereocenters. The first-order chi connectivity index (χ1) is 9.47. The predicted molar refractivity (Wildman–Crippen MR) is 73.2 cm³/mol. The quantitative estimate of drug-likeness (QED) is 0.885. The number of halogens is 2. The van der Waals surface area contributed by atoms with Gasteiger partial charge in [-0.3, -0.25) is 9.69 Å². The summed E-state index contributed by atoms with van der Waals surface area (Å²) in [5.74, 6) is -1.65. The molecule has 4 nitrogen and oxygen atoms in total. The van der Waals surface area contributed by atoms with Crippen molar-refractivity contribution in [2.24, 2.45) is 11.7 Å². The molecular formula is C14H19F2N3O. The molecule has 6 heteroatoms. The lowest BCUT2D eigenvalue weighted by Gasteiger charge is -2.34. The lowest BCUT2D eigenvalue weighted by Crippen LogP contribution is -2.48. The van der Waals surface area contributed by atoms with E-state index in [0.29, 0.717) is 12.5 Å². The molecule has 1 amide bonds. The van der Waals surface area contributed by atoms with Gasteiger partial charge < -0.3 is 11.1 Å². The topological polar surface area (TPSA) is 58.4 Å². The van der Waals surface area contributed by atoms with Gasteiger partial charge in [-0.15, -0.1) is 0 Å². The number of nitrogens with one attached hydrogen (secondary N) is 1. The number of amides is 1. The molecule has 0 saturated carbocycles. The van der Waals surface area contributed by atoms with E-state index < -0.39 is 17.5 Å². The van der Waals surface area contributed by atoms with E-state index in [1.807, 2.05) is 11.8 Å². The minimum absolute atomic E-state index is 0.116. The summed E-state index contributed by atoms with van der Waals surface area (Å²) in [7, 11) is 0. The summed E-state index contributed by atoms with van der Waals surface area (Å²) in [5.41, 5.74) is 5.52. The van der Waals surface area contributed by atoms with Gasteiger partial charge >= 0.3 is 0 Å². The minimum Gasteiger partial charge on any atom is -0.327 e. The van der Waals surface area contributed by atoms with Gasteiger partial charge in [0.2, 0.25) is 5.91 Å². The average Bonchev–Trinajstić information content (AvgIpc) is 2.38. The summed E-state index contributed by atoms with van der Waals surface area (Å²) < 4.78 is 26.8. The SMILES string of the molecule is CC1CN(CC(=O)Nc2c(F)cccc2F)CCC1N. The molecule has 1 aromatic carbocycles. The molecule has 2 atom stereocenters. The van der Waals surface area contributed by atoms with Crippen LogP contribution in [0.1, 0.15) is 13.3 Å². The van der Waals surface area contributed by atoms with Crippen molar-refractivity contribution in [3.63, 3.8) is 0 Å². The Morgan fingerprint density at radius 3 is 2.70 bits per heavy atom. The van der Waals surface area contributed by atoms with Crippen LogP contribution < -0.4 is 11.1 Å². The summed E-state index contributed by atoms with van der Waals surface area (Å²) in [6.45, 7) is 3.59. The van der Waals surface area contributed by atoms with Crippen LogP contribution in [0.5, 0.6) is 0 Å². The summed E-state index contributed by atoms with van der Waals surface area (Å²) in [4.78, 5) is 13.8. The molecule has 1 aromatic rings. The molecule has 1 aliphatic rings. The van der Waals surface area contributed by atoms with Crippen LogP contribution in [0.25, 0.3) is 0 Å². The van der Waals surface area contributed by atoms with Crippen molar-refractivity contribution in [3.05, 3.63) is 29.8 Å². The Kier molecular flexibility index (Phi) is 4.67. The number of rotatable bonds is 3. The van der Waals surface area contributed by atoms with Crippen LogP contribution in [0, 0.1) is 17.6 Å². The first kappa shape index (κ1) is 14.9. The van der Waals surface area contributed by atoms with E-state index in [-0.39, 0.29) is 18.3 Å². The van der Waals surface area contributed by atoms with E-state index in [0.717, 1.165) is 25.1 Å². The predicted octanol–water partition coefficient (Wildman–Crippen LogP) is 1.57. The van der Waals surface area contributed by atoms with Crippen LogP contribution in [0.4, 0.5) is 14.5 Å². The monoisotopic (exact) mass is 283 g/mol. The number of anilines is 1. The molecule has 0 spiro atoms. The number of hydrogen-bond acceptors (Lipinski definition) is 3. The molecule has 0 radical (unpaired) electrons. The van der Waals surface area contributed by atoms with Crippen LogP contribution >= 0.6 is 0 Å². The second kappa shape index (κ2) is 6.28. The van der Waals surface area contributed by atoms with E-state index in [1.54, 1.807) is 0 Å². The largest absolute Gasteiger partial charge is 0.327 e. The van der Waals surface area contributed by atoms with Crippen molar-refractivity contribution >= 4 is 11.6 Å². The van der Waals surface area contributed by atoms with E-state index in [9.17, 15) is 13.6 Å². The van der Waals surface area contributed by atoms with E-state index in [4.69, 9.17) is 5.73 Å². The lowest BCUT2D eigenvalue weighted by molar-refractivity contribution is -0.117. The van der Waals surface area contributed by atoms with E-state index >= 15 is 0 Å². The van der Waals surface area contributed by atoms with Gasteiger partial charge in [0.05, 0.1) is 6.54 Å². The Morgan fingerprint density at radius 2 is 2.10 bits per heavy atom. The molecule has 20 heavy (non-hydrogen) atoms. The number of para-hydroxylation sites is 1. The molecule has 0 bridgehead atoms. The number of benzene rings is 1. The number of nitrogens with two attached hydrogens (primary N) is 1. The zero-order valence-electron chi connectivity index (χ0n) is 11.4. The fourth-order valence-electron chi connectivity index (χ4n) is 2.39. The molecule has 1 fully saturated rings. The fourth-order valence-corrected chi connectivity index (χ4v) is 2.39. The number of piperidine rings is 1. The van der Waals surface area contributed by atoms with Crippen LogP contribution in [-0.4, -0.2) is 36.5 Å². The second-order valence-corrected chi connectivity index (χ2v) is 5.31. The number of carbonyl (C=O) groups is 1. The van der Waals surface area contributed by atoms with Gasteiger partial charge in [-0.1, -0.05) is 13.0 Å². The van der Waals surface area contributed by atoms with Crippen molar-refractivity contribution in [3.8, 4) is 0 Å². The highest BCUT2D eigenvalue weighted by Crippen LogP contribution is 2.18. The molecular weight excluding hydrogens is 264 g/mol. The summed E-state index contributed by atoms with van der Waals surface area (Å²) >= 11 is 0. The Bertz CT molecular complexity index is 475. The van der Waals surface area contributed by atoms with Crippen LogP contribution in [0.2, 0.25) is 0 Å². The maximum Gasteiger partial charge on any atom is 0.238 e. The highest BCUT2D eigenvalue weighted by Gasteiger charge is 2.24. The molecule has 1 heterocycles. The third-order valence-electron chi connectivity index (χ3n) is 3.65. The third-order valence-corrected chi connectivity index (χ3v) is 3.65. The van der Waals surface area contributed by atoms with Crippen molar-refractivity contribution in [2.75, 3.05) is 25.0 Å². The molecule has 110 valence electrons. The Balaban J connectivity index is 1.93. The van der Waals surface area contributed by atoms with Crippen LogP contribution in [0.15, 0.2) is 18.2 Å². The molecule has 0 aromatic heterocycles. The molecule has 1 saturated heterocycles. The normalized spacial score (nSPS) is 23.6. The molecule has 1 aliphatic heterocycles. The van der Waals surface area contributed by atoms with Crippen molar-refractivity contribution in [1.82, 2.24) is 4.90 Å². The lowest BCUT2D eigenvalue weighted by atomic mass is 9.95. The summed E-state index contributed by atoms with van der Waals surface area (Å²) in [6.07, 6.45) is 0.822. The fraction of sp³-hybridized carbons (Fsp3) is 0.500. The minimum atomic E-state index is -0.771. The maximum atomic E-state index is 13.4. The van der Waals surface area contributed by atoms with Gasteiger partial charge in [0.25, 0.3) is 0 Å². The highest BCUT2D eigenvalue weighted by atomic mass is 19.1. The number of nitrogens with zero attached hydrogens (tertiary/aromatic N) is 1. The van der Waals surface area contributed by atoms with E-state index in [2.05, 4.69) is 5.32 Å². The second-order valence-electron chi connectivity index (χ2n) is 5.31. The maximum absolute atomic E-state index is 13.4. The van der Waals surface area contributed by atoms with Crippen molar-refractivity contribution in [2.45, 2.75) is 19.4 Å². The first-order valence-electron chi connectivity index (χ1n) is 6.69. The summed E-state index contributed by atoms with van der Waals surface area (Å²) in [5, 5.41) is 2.29. The van der Waals surface area contributed by atoms with Gasteiger partial charge in [0, 0.05) is 19.1 Å². The molecule has 2 rings (SSSR count). The van der Waals surface area contributed by atoms with Gasteiger partial charge in [-0.25, -0.2) is 8.78 Å². The standard InChI is InChI=1S/C14H19F2N3O/c1-9-7-19(6-5-12(9)17)8-13(20)18-14-10(15)3-2-4-11(14)16/h2-4,9,12H,5-8,17H2,1H3,(H,18,20). The Labute approximate surface area is 116 Å². The zero-order chi connectivity index (χ0) is 14.7. The average molecular weight is 283 g/mol. The first-order valence-corrected chi connectivity index (χ1v) is 6.69. The summed E-state index contributed by atoms with van der Waals surface area (Å²) in [6, 6.07) is 3.63. The highest BCUT2D eigenvalue weighted by molar-refractivity contribution is 5.92. The number of likely N-dealkylation sites (tertiary alicyclic amines) is 1. The van der Waals surface area contributed by atoms with E-state index in [1.165, 1.54) is 6.07 Å². The van der Waals surface area contributed by atoms with Crippen LogP contribution in [0.3, 0.4) is 0 Å². The number of hydrogen-bond donors (Lipinski definition) is 2. The molecule has 0 aliphatic carbocycles. The van der Waals surface area contributed by atoms with Crippen molar-refractivity contribution in [1.29, 1.82) is 0 Å². The van der Waals surface area contributed by atoms with Gasteiger partial charge in [-0.05, 0) is 24.5 Å². The number of carbonyl (C=O) groups excluding carboxylic acids is 1. The van der Waals surface area contributed by atoms with Gasteiger partial charge in [0.15, 0.2) is 0 Å². The third kappa shape index (κ3) is 3.52. The van der Waals surface area contributed by atoms with Gasteiger partial charge in [-0.2, -0.15) is 0 Å². The zero-order valence-corrected chi connectivity index (χ0v) is 11.4. The smallest absolute Gasteiger partial charge is 0.238 e. The Morgan fingerprint density at radius 1 is 1.45 bits per heavy atom. The van der Waals surface area contributed by atoms with Gasteiger partial charge in [0.1, 0.15) is 17.3 Å². The van der Waals surface area contributed by atoms with Crippen LogP contribution in [-0.2, 0) is 4.79 Å². The molecule has 3 N–H and O–H groups in total. The Hall–Kier alpha value is -1.53.